The Morgan fingerprint density at radius 3 is 2.87 bits per heavy atom. The van der Waals surface area contributed by atoms with E-state index >= 15 is 0 Å². The summed E-state index contributed by atoms with van der Waals surface area (Å²) in [7, 11) is 0. The molecule has 0 heterocycles. The van der Waals surface area contributed by atoms with Gasteiger partial charge < -0.3 is 5.73 Å². The van der Waals surface area contributed by atoms with Crippen LogP contribution in [0.4, 0.5) is 0 Å². The summed E-state index contributed by atoms with van der Waals surface area (Å²) >= 11 is 6.26. The zero-order valence-corrected chi connectivity index (χ0v) is 9.56. The average molecular weight is 222 g/mol. The van der Waals surface area contributed by atoms with Crippen LogP contribution in [0, 0.1) is 5.92 Å². The highest BCUT2D eigenvalue weighted by atomic mass is 35.5. The molecule has 1 atom stereocenters. The summed E-state index contributed by atoms with van der Waals surface area (Å²) in [6.45, 7) is 0.825. The minimum atomic E-state index is 0.410. The molecule has 1 aromatic carbocycles. The third kappa shape index (κ3) is 1.26. The van der Waals surface area contributed by atoms with Crippen molar-refractivity contribution in [3.05, 3.63) is 34.3 Å². The van der Waals surface area contributed by atoms with E-state index in [1.54, 1.807) is 0 Å². The van der Waals surface area contributed by atoms with Crippen LogP contribution in [0.15, 0.2) is 18.2 Å². The van der Waals surface area contributed by atoms with E-state index in [1.165, 1.54) is 30.4 Å². The van der Waals surface area contributed by atoms with Crippen molar-refractivity contribution in [3.63, 3.8) is 0 Å². The molecule has 3 rings (SSSR count). The van der Waals surface area contributed by atoms with Gasteiger partial charge in [0.2, 0.25) is 0 Å². The Morgan fingerprint density at radius 1 is 1.40 bits per heavy atom. The first-order chi connectivity index (χ1) is 7.28. The van der Waals surface area contributed by atoms with Gasteiger partial charge in [0.25, 0.3) is 0 Å². The Labute approximate surface area is 95.6 Å². The van der Waals surface area contributed by atoms with Crippen molar-refractivity contribution < 1.29 is 0 Å². The van der Waals surface area contributed by atoms with Gasteiger partial charge in [-0.05, 0) is 60.8 Å². The fraction of sp³-hybridized carbons (Fsp3) is 0.538. The van der Waals surface area contributed by atoms with Crippen LogP contribution in [0.5, 0.6) is 0 Å². The average Bonchev–Trinajstić information content (AvgIpc) is 3.02. The van der Waals surface area contributed by atoms with Gasteiger partial charge in [-0.25, -0.2) is 0 Å². The molecule has 1 saturated carbocycles. The lowest BCUT2D eigenvalue weighted by molar-refractivity contribution is 0.362. The maximum Gasteiger partial charge on any atom is 0.0440 e. The number of hydrogen-bond acceptors (Lipinski definition) is 1. The van der Waals surface area contributed by atoms with Gasteiger partial charge in [0.15, 0.2) is 0 Å². The quantitative estimate of drug-likeness (QED) is 0.776. The van der Waals surface area contributed by atoms with Crippen LogP contribution in [-0.4, -0.2) is 6.54 Å². The zero-order chi connectivity index (χ0) is 10.5. The number of benzene rings is 1. The highest BCUT2D eigenvalue weighted by molar-refractivity contribution is 6.31. The second kappa shape index (κ2) is 3.23. The molecule has 0 saturated heterocycles. The fourth-order valence-corrected chi connectivity index (χ4v) is 3.52. The Balaban J connectivity index is 2.12. The smallest absolute Gasteiger partial charge is 0.0440 e. The van der Waals surface area contributed by atoms with E-state index in [4.69, 9.17) is 17.3 Å². The molecule has 0 bridgehead atoms. The summed E-state index contributed by atoms with van der Waals surface area (Å²) in [5.41, 5.74) is 9.18. The molecule has 1 fully saturated rings. The third-order valence-electron chi connectivity index (χ3n) is 4.25. The maximum atomic E-state index is 6.26. The highest BCUT2D eigenvalue weighted by Crippen LogP contribution is 2.58. The number of rotatable bonds is 1. The molecule has 0 amide bonds. The van der Waals surface area contributed by atoms with Gasteiger partial charge in [-0.15, -0.1) is 0 Å². The normalized spacial score (nSPS) is 26.4. The van der Waals surface area contributed by atoms with Crippen LogP contribution in [0.25, 0.3) is 0 Å². The molecule has 0 aromatic heterocycles. The van der Waals surface area contributed by atoms with Crippen molar-refractivity contribution >= 4 is 11.6 Å². The van der Waals surface area contributed by atoms with E-state index in [0.29, 0.717) is 11.3 Å². The molecule has 2 heteroatoms. The molecule has 0 radical (unpaired) electrons. The van der Waals surface area contributed by atoms with Crippen molar-refractivity contribution in [2.24, 2.45) is 11.7 Å². The Morgan fingerprint density at radius 2 is 2.20 bits per heavy atom. The van der Waals surface area contributed by atoms with E-state index in [2.05, 4.69) is 12.1 Å². The molecule has 2 N–H and O–H groups in total. The predicted octanol–water partition coefficient (Wildman–Crippen LogP) is 2.89. The van der Waals surface area contributed by atoms with Crippen LogP contribution in [0.1, 0.15) is 30.4 Å². The molecular weight excluding hydrogens is 206 g/mol. The molecule has 15 heavy (non-hydrogen) atoms. The van der Waals surface area contributed by atoms with E-state index in [0.717, 1.165) is 18.0 Å². The van der Waals surface area contributed by atoms with Crippen LogP contribution in [0.3, 0.4) is 0 Å². The first kappa shape index (κ1) is 9.68. The monoisotopic (exact) mass is 221 g/mol. The van der Waals surface area contributed by atoms with Crippen molar-refractivity contribution in [2.45, 2.75) is 31.1 Å². The van der Waals surface area contributed by atoms with Gasteiger partial charge in [-0.2, -0.15) is 0 Å². The number of nitrogens with two attached hydrogens (primary N) is 1. The minimum Gasteiger partial charge on any atom is -0.330 e. The van der Waals surface area contributed by atoms with Crippen molar-refractivity contribution in [1.82, 2.24) is 0 Å². The standard InChI is InChI=1S/C13H16ClN/c14-12-3-1-2-11-10(12)5-4-9(8-15)13(11)6-7-13/h1-3,9H,4-8,15H2. The Kier molecular flexibility index (Phi) is 2.08. The summed E-state index contributed by atoms with van der Waals surface area (Å²) < 4.78 is 0. The molecule has 80 valence electrons. The number of hydrogen-bond donors (Lipinski definition) is 1. The zero-order valence-electron chi connectivity index (χ0n) is 8.80. The summed E-state index contributed by atoms with van der Waals surface area (Å²) in [6.07, 6.45) is 4.94. The van der Waals surface area contributed by atoms with Crippen molar-refractivity contribution in [2.75, 3.05) is 6.54 Å². The minimum absolute atomic E-state index is 0.410. The van der Waals surface area contributed by atoms with E-state index in [-0.39, 0.29) is 0 Å². The third-order valence-corrected chi connectivity index (χ3v) is 4.61. The molecule has 1 spiro atoms. The van der Waals surface area contributed by atoms with Crippen LogP contribution >= 0.6 is 11.6 Å². The van der Waals surface area contributed by atoms with Gasteiger partial charge in [-0.3, -0.25) is 0 Å². The first-order valence-electron chi connectivity index (χ1n) is 5.76. The summed E-state index contributed by atoms with van der Waals surface area (Å²) in [4.78, 5) is 0. The molecule has 0 aliphatic heterocycles. The van der Waals surface area contributed by atoms with Crippen LogP contribution in [-0.2, 0) is 11.8 Å². The van der Waals surface area contributed by atoms with Crippen molar-refractivity contribution in [3.8, 4) is 0 Å². The SMILES string of the molecule is NCC1CCc2c(Cl)cccc2C12CC2. The topological polar surface area (TPSA) is 26.0 Å². The van der Waals surface area contributed by atoms with Gasteiger partial charge in [-0.1, -0.05) is 23.7 Å². The molecule has 1 aromatic rings. The molecule has 1 unspecified atom stereocenters. The summed E-state index contributed by atoms with van der Waals surface area (Å²) in [5, 5.41) is 0.953. The lowest BCUT2D eigenvalue weighted by Gasteiger charge is -2.33. The van der Waals surface area contributed by atoms with Crippen LogP contribution < -0.4 is 5.73 Å². The Bertz CT molecular complexity index is 396. The van der Waals surface area contributed by atoms with Gasteiger partial charge >= 0.3 is 0 Å². The lowest BCUT2D eigenvalue weighted by atomic mass is 9.72. The van der Waals surface area contributed by atoms with E-state index in [1.807, 2.05) is 6.07 Å². The molecule has 2 aliphatic rings. The maximum absolute atomic E-state index is 6.26. The van der Waals surface area contributed by atoms with E-state index < -0.39 is 0 Å². The molecular formula is C13H16ClN. The van der Waals surface area contributed by atoms with Crippen molar-refractivity contribution in [1.29, 1.82) is 0 Å². The largest absolute Gasteiger partial charge is 0.330 e. The van der Waals surface area contributed by atoms with Crippen LogP contribution in [0.2, 0.25) is 5.02 Å². The molecule has 2 aliphatic carbocycles. The Hall–Kier alpha value is -0.530. The number of halogens is 1. The fourth-order valence-electron chi connectivity index (χ4n) is 3.25. The second-order valence-electron chi connectivity index (χ2n) is 4.89. The second-order valence-corrected chi connectivity index (χ2v) is 5.30. The highest BCUT2D eigenvalue weighted by Gasteiger charge is 2.52. The first-order valence-corrected chi connectivity index (χ1v) is 6.14. The van der Waals surface area contributed by atoms with Gasteiger partial charge in [0.1, 0.15) is 0 Å². The van der Waals surface area contributed by atoms with Gasteiger partial charge in [0, 0.05) is 5.02 Å². The number of fused-ring (bicyclic) bond motifs is 2. The predicted molar refractivity (Wildman–Crippen MR) is 63.2 cm³/mol. The summed E-state index contributed by atoms with van der Waals surface area (Å²) in [5.74, 6) is 0.684. The van der Waals surface area contributed by atoms with E-state index in [9.17, 15) is 0 Å². The van der Waals surface area contributed by atoms with Gasteiger partial charge in [0.05, 0.1) is 0 Å². The molecule has 1 nitrogen and oxygen atoms in total. The lowest BCUT2D eigenvalue weighted by Crippen LogP contribution is -2.33. The summed E-state index contributed by atoms with van der Waals surface area (Å²) in [6, 6.07) is 6.36.